The summed E-state index contributed by atoms with van der Waals surface area (Å²) in [6.07, 6.45) is 6.03. The minimum absolute atomic E-state index is 0.0662. The fourth-order valence-electron chi connectivity index (χ4n) is 2.13. The number of rotatable bonds is 4. The van der Waals surface area contributed by atoms with Gasteiger partial charge in [-0.05, 0) is 33.7 Å². The molecule has 1 aliphatic rings. The lowest BCUT2D eigenvalue weighted by Crippen LogP contribution is -2.50. The van der Waals surface area contributed by atoms with Crippen molar-refractivity contribution in [3.05, 3.63) is 0 Å². The van der Waals surface area contributed by atoms with E-state index in [-0.39, 0.29) is 18.1 Å². The number of aliphatic hydroxyl groups is 1. The maximum atomic E-state index is 12.2. The van der Waals surface area contributed by atoms with Gasteiger partial charge in [-0.1, -0.05) is 19.3 Å². The standard InChI is InChI=1S/C14H28N2O2/c1-14(2,12-17)15(3)11-13(18)16-9-7-5-4-6-8-10-16/h17H,4-12H2,1-3H3. The van der Waals surface area contributed by atoms with Crippen molar-refractivity contribution in [2.75, 3.05) is 33.3 Å². The minimum Gasteiger partial charge on any atom is -0.394 e. The van der Waals surface area contributed by atoms with Crippen LogP contribution in [-0.4, -0.2) is 59.6 Å². The molecule has 4 nitrogen and oxygen atoms in total. The maximum absolute atomic E-state index is 12.2. The van der Waals surface area contributed by atoms with Crippen molar-refractivity contribution in [2.24, 2.45) is 0 Å². The van der Waals surface area contributed by atoms with Crippen molar-refractivity contribution in [1.82, 2.24) is 9.80 Å². The largest absolute Gasteiger partial charge is 0.394 e. The third-order valence-corrected chi connectivity index (χ3v) is 4.00. The molecule has 0 aromatic rings. The second kappa shape index (κ2) is 7.10. The van der Waals surface area contributed by atoms with Crippen molar-refractivity contribution in [3.8, 4) is 0 Å². The van der Waals surface area contributed by atoms with Crippen LogP contribution in [0.4, 0.5) is 0 Å². The van der Waals surface area contributed by atoms with E-state index in [9.17, 15) is 9.90 Å². The summed E-state index contributed by atoms with van der Waals surface area (Å²) in [6.45, 7) is 6.16. The predicted molar refractivity (Wildman–Crippen MR) is 73.5 cm³/mol. The van der Waals surface area contributed by atoms with Crippen LogP contribution in [-0.2, 0) is 4.79 Å². The minimum atomic E-state index is -0.335. The van der Waals surface area contributed by atoms with Gasteiger partial charge >= 0.3 is 0 Å². The molecular formula is C14H28N2O2. The summed E-state index contributed by atoms with van der Waals surface area (Å²) in [5, 5.41) is 9.30. The zero-order chi connectivity index (χ0) is 13.6. The van der Waals surface area contributed by atoms with Crippen LogP contribution in [0.15, 0.2) is 0 Å². The number of hydrogen-bond acceptors (Lipinski definition) is 3. The quantitative estimate of drug-likeness (QED) is 0.828. The molecule has 1 heterocycles. The van der Waals surface area contributed by atoms with Crippen molar-refractivity contribution >= 4 is 5.91 Å². The Balaban J connectivity index is 2.47. The molecule has 1 amide bonds. The van der Waals surface area contributed by atoms with Crippen molar-refractivity contribution in [1.29, 1.82) is 0 Å². The van der Waals surface area contributed by atoms with Crippen LogP contribution in [0, 0.1) is 0 Å². The summed E-state index contributed by atoms with van der Waals surface area (Å²) < 4.78 is 0. The highest BCUT2D eigenvalue weighted by atomic mass is 16.3. The van der Waals surface area contributed by atoms with Crippen LogP contribution >= 0.6 is 0 Å². The first-order valence-corrected chi connectivity index (χ1v) is 7.07. The number of carbonyl (C=O) groups is 1. The number of carbonyl (C=O) groups excluding carboxylic acids is 1. The van der Waals surface area contributed by atoms with Crippen LogP contribution in [0.1, 0.15) is 46.0 Å². The number of aliphatic hydroxyl groups excluding tert-OH is 1. The highest BCUT2D eigenvalue weighted by Crippen LogP contribution is 2.13. The molecule has 1 saturated heterocycles. The summed E-state index contributed by atoms with van der Waals surface area (Å²) in [4.78, 5) is 16.2. The molecule has 0 unspecified atom stereocenters. The lowest BCUT2D eigenvalue weighted by atomic mass is 10.0. The summed E-state index contributed by atoms with van der Waals surface area (Å²) in [6, 6.07) is 0. The summed E-state index contributed by atoms with van der Waals surface area (Å²) in [7, 11) is 1.90. The fourth-order valence-corrected chi connectivity index (χ4v) is 2.13. The molecule has 0 saturated carbocycles. The number of hydrogen-bond donors (Lipinski definition) is 1. The van der Waals surface area contributed by atoms with E-state index in [2.05, 4.69) is 0 Å². The zero-order valence-electron chi connectivity index (χ0n) is 12.1. The first-order valence-electron chi connectivity index (χ1n) is 7.07. The van der Waals surface area contributed by atoms with Gasteiger partial charge in [0.25, 0.3) is 0 Å². The third-order valence-electron chi connectivity index (χ3n) is 4.00. The van der Waals surface area contributed by atoms with E-state index in [1.165, 1.54) is 19.3 Å². The van der Waals surface area contributed by atoms with Crippen LogP contribution in [0.3, 0.4) is 0 Å². The Hall–Kier alpha value is -0.610. The van der Waals surface area contributed by atoms with E-state index in [0.29, 0.717) is 6.54 Å². The topological polar surface area (TPSA) is 43.8 Å². The van der Waals surface area contributed by atoms with Crippen molar-refractivity contribution in [3.63, 3.8) is 0 Å². The molecule has 1 fully saturated rings. The second-order valence-corrected chi connectivity index (χ2v) is 5.98. The average Bonchev–Trinajstić information content (AvgIpc) is 2.28. The molecule has 0 aromatic carbocycles. The number of likely N-dealkylation sites (tertiary alicyclic amines) is 1. The van der Waals surface area contributed by atoms with E-state index in [1.54, 1.807) is 0 Å². The Labute approximate surface area is 111 Å². The first kappa shape index (κ1) is 15.4. The van der Waals surface area contributed by atoms with E-state index in [1.807, 2.05) is 30.7 Å². The lowest BCUT2D eigenvalue weighted by molar-refractivity contribution is -0.134. The SMILES string of the molecule is CN(CC(=O)N1CCCCCCC1)C(C)(C)CO. The summed E-state index contributed by atoms with van der Waals surface area (Å²) >= 11 is 0. The maximum Gasteiger partial charge on any atom is 0.236 e. The Morgan fingerprint density at radius 2 is 1.67 bits per heavy atom. The molecule has 0 bridgehead atoms. The van der Waals surface area contributed by atoms with Gasteiger partial charge in [0.05, 0.1) is 13.2 Å². The normalized spacial score (nSPS) is 18.6. The Morgan fingerprint density at radius 3 is 2.17 bits per heavy atom. The molecule has 1 rings (SSSR count). The van der Waals surface area contributed by atoms with E-state index >= 15 is 0 Å². The molecule has 1 aliphatic heterocycles. The van der Waals surface area contributed by atoms with Crippen molar-refractivity contribution in [2.45, 2.75) is 51.5 Å². The summed E-state index contributed by atoms with van der Waals surface area (Å²) in [5.74, 6) is 0.195. The number of likely N-dealkylation sites (N-methyl/N-ethyl adjacent to an activating group) is 1. The van der Waals surface area contributed by atoms with Crippen LogP contribution < -0.4 is 0 Å². The lowest BCUT2D eigenvalue weighted by Gasteiger charge is -2.35. The average molecular weight is 256 g/mol. The molecule has 0 aliphatic carbocycles. The molecule has 0 spiro atoms. The van der Waals surface area contributed by atoms with Crippen molar-refractivity contribution < 1.29 is 9.90 Å². The van der Waals surface area contributed by atoms with Gasteiger partial charge in [-0.3, -0.25) is 9.69 Å². The predicted octanol–water partition coefficient (Wildman–Crippen LogP) is 1.48. The smallest absolute Gasteiger partial charge is 0.236 e. The van der Waals surface area contributed by atoms with Gasteiger partial charge in [0, 0.05) is 18.6 Å². The van der Waals surface area contributed by atoms with Gasteiger partial charge in [0.1, 0.15) is 0 Å². The van der Waals surface area contributed by atoms with E-state index < -0.39 is 0 Å². The number of amides is 1. The monoisotopic (exact) mass is 256 g/mol. The fraction of sp³-hybridized carbons (Fsp3) is 0.929. The van der Waals surface area contributed by atoms with Crippen LogP contribution in [0.5, 0.6) is 0 Å². The van der Waals surface area contributed by atoms with Crippen LogP contribution in [0.2, 0.25) is 0 Å². The first-order chi connectivity index (χ1) is 8.47. The zero-order valence-corrected chi connectivity index (χ0v) is 12.1. The molecule has 0 radical (unpaired) electrons. The Kier molecular flexibility index (Phi) is 6.09. The third kappa shape index (κ3) is 4.58. The van der Waals surface area contributed by atoms with Gasteiger partial charge < -0.3 is 10.0 Å². The highest BCUT2D eigenvalue weighted by Gasteiger charge is 2.26. The Morgan fingerprint density at radius 1 is 1.17 bits per heavy atom. The molecule has 0 atom stereocenters. The molecule has 0 aromatic heterocycles. The second-order valence-electron chi connectivity index (χ2n) is 5.98. The van der Waals surface area contributed by atoms with Gasteiger partial charge in [-0.15, -0.1) is 0 Å². The van der Waals surface area contributed by atoms with Gasteiger partial charge in [-0.25, -0.2) is 0 Å². The molecule has 18 heavy (non-hydrogen) atoms. The highest BCUT2D eigenvalue weighted by molar-refractivity contribution is 5.78. The van der Waals surface area contributed by atoms with Gasteiger partial charge in [0.15, 0.2) is 0 Å². The molecular weight excluding hydrogens is 228 g/mol. The van der Waals surface area contributed by atoms with Gasteiger partial charge in [-0.2, -0.15) is 0 Å². The molecule has 4 heteroatoms. The van der Waals surface area contributed by atoms with Crippen LogP contribution in [0.25, 0.3) is 0 Å². The Bertz CT molecular complexity index is 259. The number of nitrogens with zero attached hydrogens (tertiary/aromatic N) is 2. The van der Waals surface area contributed by atoms with Gasteiger partial charge in [0.2, 0.25) is 5.91 Å². The molecule has 1 N–H and O–H groups in total. The van der Waals surface area contributed by atoms with E-state index in [4.69, 9.17) is 0 Å². The molecule has 106 valence electrons. The van der Waals surface area contributed by atoms with E-state index in [0.717, 1.165) is 25.9 Å². The summed E-state index contributed by atoms with van der Waals surface area (Å²) in [5.41, 5.74) is -0.335.